The second-order valence-corrected chi connectivity index (χ2v) is 7.11. The molecule has 25 heavy (non-hydrogen) atoms. The number of ether oxygens (including phenoxy) is 1. The van der Waals surface area contributed by atoms with Gasteiger partial charge in [0.1, 0.15) is 0 Å². The highest BCUT2D eigenvalue weighted by molar-refractivity contribution is 5.98. The zero-order valence-electron chi connectivity index (χ0n) is 13.4. The van der Waals surface area contributed by atoms with Gasteiger partial charge in [0, 0.05) is 41.7 Å². The first kappa shape index (κ1) is 16.0. The van der Waals surface area contributed by atoms with Gasteiger partial charge in [-0.1, -0.05) is 6.42 Å². The summed E-state index contributed by atoms with van der Waals surface area (Å²) in [6.45, 7) is 0.698. The number of carbonyl (C=O) groups is 2. The van der Waals surface area contributed by atoms with Crippen LogP contribution in [0.5, 0.6) is 0 Å². The summed E-state index contributed by atoms with van der Waals surface area (Å²) in [7, 11) is 0. The lowest BCUT2D eigenvalue weighted by Crippen LogP contribution is -2.71. The maximum Gasteiger partial charge on any atom is 0.335 e. The molecule has 1 spiro atoms. The molecule has 3 fully saturated rings. The molecular weight excluding hydrogens is 328 g/mol. The first-order chi connectivity index (χ1) is 11.9. The van der Waals surface area contributed by atoms with Gasteiger partial charge < -0.3 is 15.2 Å². The third kappa shape index (κ3) is 2.31. The minimum atomic E-state index is -1.30. The van der Waals surface area contributed by atoms with E-state index in [-0.39, 0.29) is 34.6 Å². The van der Waals surface area contributed by atoms with Gasteiger partial charge in [-0.2, -0.15) is 0 Å². The van der Waals surface area contributed by atoms with Crippen LogP contribution in [0, 0.1) is 21.4 Å². The van der Waals surface area contributed by atoms with Crippen LogP contribution in [0.15, 0.2) is 18.2 Å². The minimum Gasteiger partial charge on any atom is -0.478 e. The Hall–Kier alpha value is -2.48. The number of nitrogens with zero attached hydrogens (tertiary/aromatic N) is 1. The standard InChI is InChI=1S/C17H18N2O6/c20-15(9-6-10(16(21)22)8-11(7-9)19(23)24)18-13-12-2-5-25-14(12)17(13)3-1-4-17/h6-8,12-14H,1-5H2,(H,18,20)(H,21,22). The van der Waals surface area contributed by atoms with Crippen LogP contribution in [0.4, 0.5) is 5.69 Å². The van der Waals surface area contributed by atoms with Gasteiger partial charge >= 0.3 is 5.97 Å². The number of nitro groups is 1. The number of nitrogens with one attached hydrogen (secondary N) is 1. The lowest BCUT2D eigenvalue weighted by atomic mass is 9.46. The van der Waals surface area contributed by atoms with Crippen molar-refractivity contribution in [2.75, 3.05) is 6.61 Å². The van der Waals surface area contributed by atoms with E-state index >= 15 is 0 Å². The molecule has 1 amide bonds. The molecule has 0 radical (unpaired) electrons. The molecule has 1 saturated heterocycles. The molecule has 8 heteroatoms. The molecule has 1 heterocycles. The number of hydrogen-bond donors (Lipinski definition) is 2. The smallest absolute Gasteiger partial charge is 0.335 e. The first-order valence-corrected chi connectivity index (χ1v) is 8.38. The predicted molar refractivity (Wildman–Crippen MR) is 85.4 cm³/mol. The van der Waals surface area contributed by atoms with Crippen molar-refractivity contribution in [1.29, 1.82) is 0 Å². The van der Waals surface area contributed by atoms with E-state index in [2.05, 4.69) is 5.32 Å². The van der Waals surface area contributed by atoms with Gasteiger partial charge in [-0.3, -0.25) is 14.9 Å². The summed E-state index contributed by atoms with van der Waals surface area (Å²) in [5.41, 5.74) is -0.677. The number of amides is 1. The van der Waals surface area contributed by atoms with Crippen LogP contribution in [-0.2, 0) is 4.74 Å². The van der Waals surface area contributed by atoms with Gasteiger partial charge in [0.25, 0.3) is 11.6 Å². The Morgan fingerprint density at radius 3 is 2.60 bits per heavy atom. The molecule has 2 N–H and O–H groups in total. The number of carboxylic acid groups (broad SMARTS) is 1. The van der Waals surface area contributed by atoms with Gasteiger partial charge in [-0.25, -0.2) is 4.79 Å². The van der Waals surface area contributed by atoms with Crippen molar-refractivity contribution in [3.05, 3.63) is 39.4 Å². The van der Waals surface area contributed by atoms with E-state index < -0.39 is 22.5 Å². The van der Waals surface area contributed by atoms with E-state index in [4.69, 9.17) is 9.84 Å². The Bertz CT molecular complexity index is 740. The molecule has 0 bridgehead atoms. The van der Waals surface area contributed by atoms with Gasteiger partial charge in [0.05, 0.1) is 16.6 Å². The number of fused-ring (bicyclic) bond motifs is 2. The number of nitro benzene ring substituents is 1. The summed E-state index contributed by atoms with van der Waals surface area (Å²) in [5, 5.41) is 23.1. The van der Waals surface area contributed by atoms with Gasteiger partial charge in [0.15, 0.2) is 0 Å². The lowest BCUT2D eigenvalue weighted by molar-refractivity contribution is -0.384. The summed E-state index contributed by atoms with van der Waals surface area (Å²) >= 11 is 0. The molecule has 0 aromatic heterocycles. The van der Waals surface area contributed by atoms with E-state index in [0.29, 0.717) is 6.61 Å². The highest BCUT2D eigenvalue weighted by Crippen LogP contribution is 2.62. The zero-order chi connectivity index (χ0) is 17.8. The summed E-state index contributed by atoms with van der Waals surface area (Å²) in [5.74, 6) is -1.49. The Morgan fingerprint density at radius 2 is 2.00 bits per heavy atom. The molecule has 1 aliphatic heterocycles. The number of hydrogen-bond acceptors (Lipinski definition) is 5. The molecule has 1 aromatic rings. The Morgan fingerprint density at radius 1 is 1.28 bits per heavy atom. The van der Waals surface area contributed by atoms with Crippen LogP contribution in [0.2, 0.25) is 0 Å². The number of rotatable bonds is 4. The second kappa shape index (κ2) is 5.52. The van der Waals surface area contributed by atoms with E-state index in [0.717, 1.165) is 37.8 Å². The Balaban J connectivity index is 1.59. The van der Waals surface area contributed by atoms with Crippen molar-refractivity contribution in [3.8, 4) is 0 Å². The zero-order valence-corrected chi connectivity index (χ0v) is 13.4. The summed E-state index contributed by atoms with van der Waals surface area (Å²) in [6, 6.07) is 3.25. The van der Waals surface area contributed by atoms with Crippen molar-refractivity contribution in [1.82, 2.24) is 5.32 Å². The number of aromatic carboxylic acids is 1. The molecule has 3 atom stereocenters. The number of carboxylic acids is 1. The lowest BCUT2D eigenvalue weighted by Gasteiger charge is -2.63. The maximum absolute atomic E-state index is 12.6. The van der Waals surface area contributed by atoms with Crippen molar-refractivity contribution in [2.24, 2.45) is 11.3 Å². The molecule has 2 saturated carbocycles. The van der Waals surface area contributed by atoms with Crippen molar-refractivity contribution >= 4 is 17.6 Å². The average Bonchev–Trinajstić information content (AvgIpc) is 2.95. The van der Waals surface area contributed by atoms with Gasteiger partial charge in [-0.05, 0) is 25.3 Å². The summed E-state index contributed by atoms with van der Waals surface area (Å²) in [6.07, 6.45) is 4.22. The van der Waals surface area contributed by atoms with E-state index in [1.54, 1.807) is 0 Å². The molecule has 1 aromatic carbocycles. The molecule has 8 nitrogen and oxygen atoms in total. The fourth-order valence-corrected chi connectivity index (χ4v) is 4.65. The van der Waals surface area contributed by atoms with Crippen LogP contribution in [-0.4, -0.2) is 40.7 Å². The quantitative estimate of drug-likeness (QED) is 0.635. The van der Waals surface area contributed by atoms with Crippen molar-refractivity contribution < 1.29 is 24.4 Å². The average molecular weight is 346 g/mol. The van der Waals surface area contributed by atoms with Crippen LogP contribution in [0.3, 0.4) is 0 Å². The fourth-order valence-electron chi connectivity index (χ4n) is 4.65. The van der Waals surface area contributed by atoms with Crippen LogP contribution in [0.25, 0.3) is 0 Å². The number of non-ortho nitro benzene ring substituents is 1. The molecule has 4 rings (SSSR count). The van der Waals surface area contributed by atoms with E-state index in [9.17, 15) is 19.7 Å². The second-order valence-electron chi connectivity index (χ2n) is 7.11. The van der Waals surface area contributed by atoms with Crippen molar-refractivity contribution in [3.63, 3.8) is 0 Å². The Kier molecular flexibility index (Phi) is 3.54. The van der Waals surface area contributed by atoms with Crippen LogP contribution < -0.4 is 5.32 Å². The highest BCUT2D eigenvalue weighted by Gasteiger charge is 2.66. The summed E-state index contributed by atoms with van der Waals surface area (Å²) < 4.78 is 5.81. The fraction of sp³-hybridized carbons (Fsp3) is 0.529. The van der Waals surface area contributed by atoms with Gasteiger partial charge in [0.2, 0.25) is 0 Å². The predicted octanol–water partition coefficient (Wildman–Crippen LogP) is 1.98. The van der Waals surface area contributed by atoms with Gasteiger partial charge in [-0.15, -0.1) is 0 Å². The van der Waals surface area contributed by atoms with Crippen molar-refractivity contribution in [2.45, 2.75) is 37.8 Å². The minimum absolute atomic E-state index is 0.00318. The number of carbonyl (C=O) groups excluding carboxylic acids is 1. The van der Waals surface area contributed by atoms with E-state index in [1.165, 1.54) is 6.07 Å². The topological polar surface area (TPSA) is 119 Å². The third-order valence-electron chi connectivity index (χ3n) is 5.96. The maximum atomic E-state index is 12.6. The number of benzene rings is 1. The summed E-state index contributed by atoms with van der Waals surface area (Å²) in [4.78, 5) is 34.1. The molecule has 2 aliphatic carbocycles. The van der Waals surface area contributed by atoms with Crippen LogP contribution in [0.1, 0.15) is 46.4 Å². The largest absolute Gasteiger partial charge is 0.478 e. The first-order valence-electron chi connectivity index (χ1n) is 8.38. The normalized spacial score (nSPS) is 28.6. The van der Waals surface area contributed by atoms with Crippen LogP contribution >= 0.6 is 0 Å². The monoisotopic (exact) mass is 346 g/mol. The molecule has 3 aliphatic rings. The Labute approximate surface area is 143 Å². The molecule has 3 unspecified atom stereocenters. The third-order valence-corrected chi connectivity index (χ3v) is 5.96. The molecular formula is C17H18N2O6. The van der Waals surface area contributed by atoms with E-state index in [1.807, 2.05) is 0 Å². The highest BCUT2D eigenvalue weighted by atomic mass is 16.6. The SMILES string of the molecule is O=C(O)c1cc(C(=O)NC2C3CCOC3C23CCC3)cc([N+](=O)[O-])c1. The molecule has 132 valence electrons.